The topological polar surface area (TPSA) is 56.6 Å². The Morgan fingerprint density at radius 1 is 1.48 bits per heavy atom. The highest BCUT2D eigenvalue weighted by Crippen LogP contribution is 2.36. The van der Waals surface area contributed by atoms with Crippen molar-refractivity contribution in [1.29, 1.82) is 0 Å². The van der Waals surface area contributed by atoms with Gasteiger partial charge in [0.05, 0.1) is 24.3 Å². The third-order valence-corrected chi connectivity index (χ3v) is 4.49. The molecule has 2 saturated heterocycles. The Balaban J connectivity index is 1.71. The van der Waals surface area contributed by atoms with Crippen LogP contribution in [0.15, 0.2) is 12.4 Å². The second-order valence-corrected chi connectivity index (χ2v) is 5.92. The van der Waals surface area contributed by atoms with Crippen LogP contribution in [-0.2, 0) is 21.3 Å². The summed E-state index contributed by atoms with van der Waals surface area (Å²) in [6, 6.07) is 0. The molecule has 2 fully saturated rings. The average Bonchev–Trinajstić information content (AvgIpc) is 3.15. The Hall–Kier alpha value is -1.40. The Labute approximate surface area is 125 Å². The van der Waals surface area contributed by atoms with Crippen LogP contribution in [0.25, 0.3) is 0 Å². The number of hydrogen-bond donors (Lipinski definition) is 0. The number of amides is 1. The van der Waals surface area contributed by atoms with Crippen LogP contribution in [0, 0.1) is 5.92 Å². The first-order valence-corrected chi connectivity index (χ1v) is 7.60. The lowest BCUT2D eigenvalue weighted by Gasteiger charge is -2.34. The van der Waals surface area contributed by atoms with Crippen LogP contribution in [-0.4, -0.2) is 53.5 Å². The van der Waals surface area contributed by atoms with Crippen LogP contribution in [0.1, 0.15) is 30.9 Å². The van der Waals surface area contributed by atoms with Gasteiger partial charge in [0, 0.05) is 45.6 Å². The molecule has 0 spiro atoms. The van der Waals surface area contributed by atoms with E-state index in [1.54, 1.807) is 18.0 Å². The molecule has 0 N–H and O–H groups in total. The molecule has 0 saturated carbocycles. The molecule has 0 unspecified atom stereocenters. The summed E-state index contributed by atoms with van der Waals surface area (Å²) in [6.45, 7) is 2.16. The number of methoxy groups -OCH3 is 1. The molecule has 6 nitrogen and oxygen atoms in total. The number of aryl methyl sites for hydroxylation is 1. The molecular weight excluding hydrogens is 270 g/mol. The van der Waals surface area contributed by atoms with Crippen LogP contribution in [0.2, 0.25) is 0 Å². The number of carbonyl (C=O) groups excluding carboxylic acids is 1. The van der Waals surface area contributed by atoms with Gasteiger partial charge in [-0.25, -0.2) is 0 Å². The molecule has 0 radical (unpaired) electrons. The zero-order valence-corrected chi connectivity index (χ0v) is 12.7. The summed E-state index contributed by atoms with van der Waals surface area (Å²) in [7, 11) is 3.60. The van der Waals surface area contributed by atoms with E-state index in [0.717, 1.165) is 31.4 Å². The minimum absolute atomic E-state index is 0.0928. The molecule has 21 heavy (non-hydrogen) atoms. The highest BCUT2D eigenvalue weighted by atomic mass is 16.5. The number of hydrogen-bond acceptors (Lipinski definition) is 4. The van der Waals surface area contributed by atoms with Gasteiger partial charge in [0.2, 0.25) is 5.91 Å². The fraction of sp³-hybridized carbons (Fsp3) is 0.733. The smallest absolute Gasteiger partial charge is 0.228 e. The third-order valence-electron chi connectivity index (χ3n) is 4.49. The maximum atomic E-state index is 12.8. The zero-order chi connectivity index (χ0) is 14.8. The van der Waals surface area contributed by atoms with E-state index in [0.29, 0.717) is 13.2 Å². The standard InChI is InChI=1S/C15H23N3O3/c1-17-9-11(8-16-17)14-13(5-7-21-14)15(19)18-6-3-4-12(10-18)20-2/h8-9,12-14H,3-7,10H2,1-2H3/t12-,13-,14+/m0/s1. The SMILES string of the molecule is CO[C@H]1CCCN(C(=O)[C@H]2CCO[C@@H]2c2cnn(C)c2)C1. The van der Waals surface area contributed by atoms with E-state index in [1.165, 1.54) is 0 Å². The first kappa shape index (κ1) is 14.5. The van der Waals surface area contributed by atoms with Crippen molar-refractivity contribution in [1.82, 2.24) is 14.7 Å². The lowest BCUT2D eigenvalue weighted by atomic mass is 9.94. The second-order valence-electron chi connectivity index (χ2n) is 5.92. The van der Waals surface area contributed by atoms with Gasteiger partial charge in [0.1, 0.15) is 0 Å². The molecular formula is C15H23N3O3. The van der Waals surface area contributed by atoms with Crippen molar-refractivity contribution in [2.75, 3.05) is 26.8 Å². The third kappa shape index (κ3) is 2.96. The van der Waals surface area contributed by atoms with Crippen molar-refractivity contribution in [2.24, 2.45) is 13.0 Å². The van der Waals surface area contributed by atoms with Gasteiger partial charge < -0.3 is 14.4 Å². The summed E-state index contributed by atoms with van der Waals surface area (Å²) in [6.07, 6.45) is 6.57. The van der Waals surface area contributed by atoms with Crippen LogP contribution < -0.4 is 0 Å². The normalized spacial score (nSPS) is 29.8. The Morgan fingerprint density at radius 2 is 2.33 bits per heavy atom. The molecule has 116 valence electrons. The van der Waals surface area contributed by atoms with E-state index in [9.17, 15) is 4.79 Å². The largest absolute Gasteiger partial charge is 0.380 e. The van der Waals surface area contributed by atoms with Gasteiger partial charge in [-0.3, -0.25) is 9.48 Å². The summed E-state index contributed by atoms with van der Waals surface area (Å²) in [5.41, 5.74) is 0.994. The Morgan fingerprint density at radius 3 is 3.05 bits per heavy atom. The van der Waals surface area contributed by atoms with Crippen LogP contribution in [0.4, 0.5) is 0 Å². The molecule has 1 aromatic rings. The van der Waals surface area contributed by atoms with Gasteiger partial charge >= 0.3 is 0 Å². The van der Waals surface area contributed by atoms with Crippen molar-refractivity contribution in [3.63, 3.8) is 0 Å². The van der Waals surface area contributed by atoms with E-state index in [-0.39, 0.29) is 24.0 Å². The van der Waals surface area contributed by atoms with E-state index < -0.39 is 0 Å². The highest BCUT2D eigenvalue weighted by Gasteiger charge is 2.39. The van der Waals surface area contributed by atoms with Crippen molar-refractivity contribution in [3.05, 3.63) is 18.0 Å². The van der Waals surface area contributed by atoms with Gasteiger partial charge in [-0.15, -0.1) is 0 Å². The van der Waals surface area contributed by atoms with Crippen LogP contribution in [0.5, 0.6) is 0 Å². The Kier molecular flexibility index (Phi) is 4.26. The van der Waals surface area contributed by atoms with Gasteiger partial charge in [0.25, 0.3) is 0 Å². The van der Waals surface area contributed by atoms with Gasteiger partial charge in [-0.2, -0.15) is 5.10 Å². The molecule has 2 aliphatic heterocycles. The molecule has 0 aromatic carbocycles. The monoisotopic (exact) mass is 293 g/mol. The number of aromatic nitrogens is 2. The van der Waals surface area contributed by atoms with Crippen LogP contribution >= 0.6 is 0 Å². The van der Waals surface area contributed by atoms with E-state index >= 15 is 0 Å². The van der Waals surface area contributed by atoms with Crippen molar-refractivity contribution in [3.8, 4) is 0 Å². The lowest BCUT2D eigenvalue weighted by molar-refractivity contribution is -0.141. The van der Waals surface area contributed by atoms with E-state index in [4.69, 9.17) is 9.47 Å². The molecule has 1 aromatic heterocycles. The minimum atomic E-state index is -0.158. The second kappa shape index (κ2) is 6.15. The first-order chi connectivity index (χ1) is 10.2. The number of likely N-dealkylation sites (tertiary alicyclic amines) is 1. The van der Waals surface area contributed by atoms with Crippen LogP contribution in [0.3, 0.4) is 0 Å². The number of piperidine rings is 1. The predicted octanol–water partition coefficient (Wildman–Crippen LogP) is 1.14. The molecule has 0 bridgehead atoms. The average molecular weight is 293 g/mol. The molecule has 3 rings (SSSR count). The summed E-state index contributed by atoms with van der Waals surface area (Å²) >= 11 is 0. The fourth-order valence-corrected chi connectivity index (χ4v) is 3.32. The molecule has 3 heterocycles. The first-order valence-electron chi connectivity index (χ1n) is 7.60. The number of rotatable bonds is 3. The quantitative estimate of drug-likeness (QED) is 0.838. The summed E-state index contributed by atoms with van der Waals surface area (Å²) in [5, 5.41) is 4.18. The molecule has 2 aliphatic rings. The summed E-state index contributed by atoms with van der Waals surface area (Å²) < 4.78 is 13.0. The van der Waals surface area contributed by atoms with Crippen molar-refractivity contribution in [2.45, 2.75) is 31.5 Å². The van der Waals surface area contributed by atoms with Crippen molar-refractivity contribution >= 4 is 5.91 Å². The number of ether oxygens (including phenoxy) is 2. The zero-order valence-electron chi connectivity index (χ0n) is 12.7. The minimum Gasteiger partial charge on any atom is -0.380 e. The highest BCUT2D eigenvalue weighted by molar-refractivity contribution is 5.80. The predicted molar refractivity (Wildman–Crippen MR) is 76.6 cm³/mol. The number of nitrogens with zero attached hydrogens (tertiary/aromatic N) is 3. The molecule has 3 atom stereocenters. The lowest BCUT2D eigenvalue weighted by Crippen LogP contribution is -2.45. The fourth-order valence-electron chi connectivity index (χ4n) is 3.32. The van der Waals surface area contributed by atoms with E-state index in [2.05, 4.69) is 5.10 Å². The number of carbonyl (C=O) groups is 1. The van der Waals surface area contributed by atoms with Gasteiger partial charge in [-0.05, 0) is 19.3 Å². The van der Waals surface area contributed by atoms with Gasteiger partial charge in [0.15, 0.2) is 0 Å². The molecule has 0 aliphatic carbocycles. The molecule has 6 heteroatoms. The molecule has 1 amide bonds. The van der Waals surface area contributed by atoms with E-state index in [1.807, 2.05) is 18.1 Å². The maximum absolute atomic E-state index is 12.8. The summed E-state index contributed by atoms with van der Waals surface area (Å²) in [5.74, 6) is 0.105. The van der Waals surface area contributed by atoms with Crippen molar-refractivity contribution < 1.29 is 14.3 Å². The van der Waals surface area contributed by atoms with Gasteiger partial charge in [-0.1, -0.05) is 0 Å². The summed E-state index contributed by atoms with van der Waals surface area (Å²) in [4.78, 5) is 14.8. The Bertz CT molecular complexity index is 502. The maximum Gasteiger partial charge on any atom is 0.228 e.